The number of ether oxygens (including phenoxy) is 2. The number of nitrogens with one attached hydrogen (secondary N) is 2. The first-order chi connectivity index (χ1) is 17.3. The molecule has 182 valence electrons. The molecule has 0 heterocycles. The second-order valence-electron chi connectivity index (χ2n) is 8.71. The maximum atomic E-state index is 5.86. The molecule has 5 nitrogen and oxygen atoms in total. The minimum Gasteiger partial charge on any atom is -0.490 e. The van der Waals surface area contributed by atoms with Crippen molar-refractivity contribution >= 4 is 23.5 Å². The van der Waals surface area contributed by atoms with E-state index >= 15 is 0 Å². The molecule has 6 heteroatoms. The molecular formula is C29H33N3O2S. The summed E-state index contributed by atoms with van der Waals surface area (Å²) in [6.45, 7) is 1.61. The van der Waals surface area contributed by atoms with Crippen LogP contribution in [0.1, 0.15) is 54.7 Å². The SMILES string of the molecule is S=C(NCc1ccccc1)N/N=C/c1cccc(OCCOc2ccc(C3CCCCC3)cc2)c1. The molecule has 3 aromatic carbocycles. The molecule has 0 spiro atoms. The molecule has 0 unspecified atom stereocenters. The molecule has 0 radical (unpaired) electrons. The lowest BCUT2D eigenvalue weighted by molar-refractivity contribution is 0.217. The normalized spacial score (nSPS) is 13.9. The monoisotopic (exact) mass is 487 g/mol. The molecule has 0 saturated heterocycles. The maximum absolute atomic E-state index is 5.86. The van der Waals surface area contributed by atoms with Crippen LogP contribution in [0.2, 0.25) is 0 Å². The van der Waals surface area contributed by atoms with Gasteiger partial charge in [-0.05, 0) is 71.9 Å². The van der Waals surface area contributed by atoms with Crippen molar-refractivity contribution in [2.75, 3.05) is 13.2 Å². The van der Waals surface area contributed by atoms with Crippen LogP contribution in [0, 0.1) is 0 Å². The average Bonchev–Trinajstić information content (AvgIpc) is 2.92. The molecule has 35 heavy (non-hydrogen) atoms. The summed E-state index contributed by atoms with van der Waals surface area (Å²) in [5.41, 5.74) is 6.36. The lowest BCUT2D eigenvalue weighted by Crippen LogP contribution is -2.31. The van der Waals surface area contributed by atoms with Gasteiger partial charge in [-0.2, -0.15) is 5.10 Å². The number of hydrogen-bond acceptors (Lipinski definition) is 4. The van der Waals surface area contributed by atoms with E-state index in [1.165, 1.54) is 37.7 Å². The van der Waals surface area contributed by atoms with E-state index < -0.39 is 0 Å². The highest BCUT2D eigenvalue weighted by Gasteiger charge is 2.15. The van der Waals surface area contributed by atoms with Crippen molar-refractivity contribution in [2.24, 2.45) is 5.10 Å². The Labute approximate surface area is 213 Å². The van der Waals surface area contributed by atoms with E-state index in [9.17, 15) is 0 Å². The van der Waals surface area contributed by atoms with Crippen LogP contribution >= 0.6 is 12.2 Å². The minimum atomic E-state index is 0.469. The van der Waals surface area contributed by atoms with Crippen molar-refractivity contribution < 1.29 is 9.47 Å². The second-order valence-corrected chi connectivity index (χ2v) is 9.12. The van der Waals surface area contributed by atoms with Crippen LogP contribution in [0.4, 0.5) is 0 Å². The van der Waals surface area contributed by atoms with Crippen LogP contribution in [0.3, 0.4) is 0 Å². The van der Waals surface area contributed by atoms with Gasteiger partial charge in [0.1, 0.15) is 24.7 Å². The minimum absolute atomic E-state index is 0.469. The van der Waals surface area contributed by atoms with Crippen molar-refractivity contribution in [3.05, 3.63) is 95.6 Å². The zero-order chi connectivity index (χ0) is 24.1. The Kier molecular flexibility index (Phi) is 9.54. The van der Waals surface area contributed by atoms with E-state index in [0.29, 0.717) is 30.8 Å². The third kappa shape index (κ3) is 8.41. The third-order valence-corrected chi connectivity index (χ3v) is 6.35. The molecule has 0 aromatic heterocycles. The molecule has 1 fully saturated rings. The van der Waals surface area contributed by atoms with Crippen molar-refractivity contribution in [2.45, 2.75) is 44.6 Å². The predicted octanol–water partition coefficient (Wildman–Crippen LogP) is 6.19. The molecule has 3 aromatic rings. The number of thiocarbonyl (C=S) groups is 1. The van der Waals surface area contributed by atoms with Crippen molar-refractivity contribution in [1.82, 2.24) is 10.7 Å². The molecule has 4 rings (SSSR count). The fraction of sp³-hybridized carbons (Fsp3) is 0.310. The van der Waals surface area contributed by atoms with E-state index in [1.54, 1.807) is 6.21 Å². The highest BCUT2D eigenvalue weighted by atomic mass is 32.1. The zero-order valence-electron chi connectivity index (χ0n) is 20.0. The van der Waals surface area contributed by atoms with E-state index in [1.807, 2.05) is 54.6 Å². The second kappa shape index (κ2) is 13.5. The van der Waals surface area contributed by atoms with Gasteiger partial charge in [-0.25, -0.2) is 0 Å². The van der Waals surface area contributed by atoms with Gasteiger partial charge < -0.3 is 14.8 Å². The van der Waals surface area contributed by atoms with E-state index in [2.05, 4.69) is 40.1 Å². The molecule has 2 N–H and O–H groups in total. The summed E-state index contributed by atoms with van der Waals surface area (Å²) in [5.74, 6) is 2.38. The van der Waals surface area contributed by atoms with Gasteiger partial charge in [-0.3, -0.25) is 5.43 Å². The first-order valence-electron chi connectivity index (χ1n) is 12.3. The summed E-state index contributed by atoms with van der Waals surface area (Å²) < 4.78 is 11.7. The summed E-state index contributed by atoms with van der Waals surface area (Å²) in [6.07, 6.45) is 8.42. The smallest absolute Gasteiger partial charge is 0.187 e. The molecule has 0 bridgehead atoms. The van der Waals surface area contributed by atoms with Crippen LogP contribution < -0.4 is 20.2 Å². The predicted molar refractivity (Wildman–Crippen MR) is 146 cm³/mol. The summed E-state index contributed by atoms with van der Waals surface area (Å²) in [5, 5.41) is 7.82. The lowest BCUT2D eigenvalue weighted by Gasteiger charge is -2.22. The summed E-state index contributed by atoms with van der Waals surface area (Å²) in [4.78, 5) is 0. The summed E-state index contributed by atoms with van der Waals surface area (Å²) >= 11 is 5.27. The first-order valence-corrected chi connectivity index (χ1v) is 12.7. The highest BCUT2D eigenvalue weighted by molar-refractivity contribution is 7.80. The Bertz CT molecular complexity index is 1080. The number of hydrogen-bond donors (Lipinski definition) is 2. The van der Waals surface area contributed by atoms with E-state index in [0.717, 1.165) is 22.6 Å². The highest BCUT2D eigenvalue weighted by Crippen LogP contribution is 2.33. The van der Waals surface area contributed by atoms with Gasteiger partial charge in [0.25, 0.3) is 0 Å². The first kappa shape index (κ1) is 24.7. The van der Waals surface area contributed by atoms with Crippen LogP contribution in [0.15, 0.2) is 84.0 Å². The molecule has 1 aliphatic rings. The Morgan fingerprint density at radius 3 is 2.37 bits per heavy atom. The van der Waals surface area contributed by atoms with Gasteiger partial charge in [0.05, 0.1) is 6.21 Å². The van der Waals surface area contributed by atoms with E-state index in [4.69, 9.17) is 21.7 Å². The Hall–Kier alpha value is -3.38. The average molecular weight is 488 g/mol. The quantitative estimate of drug-likeness (QED) is 0.155. The van der Waals surface area contributed by atoms with Gasteiger partial charge in [-0.15, -0.1) is 0 Å². The molecule has 0 amide bonds. The van der Waals surface area contributed by atoms with Gasteiger partial charge >= 0.3 is 0 Å². The fourth-order valence-corrected chi connectivity index (χ4v) is 4.38. The summed E-state index contributed by atoms with van der Waals surface area (Å²) in [6, 6.07) is 26.4. The zero-order valence-corrected chi connectivity index (χ0v) is 20.8. The Balaban J connectivity index is 1.15. The standard InChI is InChI=1S/C29H33N3O2S/c35-29(30-21-23-8-3-1-4-9-23)32-31-22-24-10-7-13-28(20-24)34-19-18-33-27-16-14-26(15-17-27)25-11-5-2-6-12-25/h1,3-4,7-10,13-17,20,22,25H,2,5-6,11-12,18-19,21H2,(H2,30,32,35)/b31-22+. The largest absolute Gasteiger partial charge is 0.490 e. The number of rotatable bonds is 10. The lowest BCUT2D eigenvalue weighted by atomic mass is 9.84. The molecular weight excluding hydrogens is 454 g/mol. The van der Waals surface area contributed by atoms with Gasteiger partial charge in [-0.1, -0.05) is 73.9 Å². The van der Waals surface area contributed by atoms with Crippen LogP contribution in [-0.2, 0) is 6.54 Å². The molecule has 1 aliphatic carbocycles. The van der Waals surface area contributed by atoms with Crippen LogP contribution in [0.25, 0.3) is 0 Å². The van der Waals surface area contributed by atoms with Crippen molar-refractivity contribution in [1.29, 1.82) is 0 Å². The number of benzene rings is 3. The fourth-order valence-electron chi connectivity index (χ4n) is 4.26. The van der Waals surface area contributed by atoms with Gasteiger partial charge in [0.15, 0.2) is 5.11 Å². The summed E-state index contributed by atoms with van der Waals surface area (Å²) in [7, 11) is 0. The Morgan fingerprint density at radius 1 is 0.857 bits per heavy atom. The Morgan fingerprint density at radius 2 is 1.60 bits per heavy atom. The van der Waals surface area contributed by atoms with Gasteiger partial charge in [0, 0.05) is 6.54 Å². The van der Waals surface area contributed by atoms with Gasteiger partial charge in [0.2, 0.25) is 0 Å². The van der Waals surface area contributed by atoms with Crippen LogP contribution in [-0.4, -0.2) is 24.5 Å². The van der Waals surface area contributed by atoms with E-state index in [-0.39, 0.29) is 0 Å². The third-order valence-electron chi connectivity index (χ3n) is 6.11. The molecule has 0 atom stereocenters. The number of hydrazone groups is 1. The topological polar surface area (TPSA) is 54.9 Å². The van der Waals surface area contributed by atoms with Crippen molar-refractivity contribution in [3.8, 4) is 11.5 Å². The molecule has 1 saturated carbocycles. The molecule has 0 aliphatic heterocycles. The van der Waals surface area contributed by atoms with Crippen LogP contribution in [0.5, 0.6) is 11.5 Å². The maximum Gasteiger partial charge on any atom is 0.187 e. The van der Waals surface area contributed by atoms with Crippen molar-refractivity contribution in [3.63, 3.8) is 0 Å². The number of nitrogens with zero attached hydrogens (tertiary/aromatic N) is 1.